The smallest absolute Gasteiger partial charge is 0.338 e. The van der Waals surface area contributed by atoms with Crippen LogP contribution >= 0.6 is 11.3 Å². The fourth-order valence-electron chi connectivity index (χ4n) is 3.79. The number of methoxy groups -OCH3 is 1. The van der Waals surface area contributed by atoms with Gasteiger partial charge in [-0.05, 0) is 42.7 Å². The lowest BCUT2D eigenvalue weighted by atomic mass is 9.96. The quantitative estimate of drug-likeness (QED) is 0.398. The second kappa shape index (κ2) is 10.0. The number of benzene rings is 2. The van der Waals surface area contributed by atoms with Gasteiger partial charge in [0.1, 0.15) is 5.75 Å². The lowest BCUT2D eigenvalue weighted by Gasteiger charge is -2.24. The van der Waals surface area contributed by atoms with Crippen molar-refractivity contribution in [3.8, 4) is 5.75 Å². The molecule has 0 fully saturated rings. The van der Waals surface area contributed by atoms with Gasteiger partial charge in [0.15, 0.2) is 4.80 Å². The summed E-state index contributed by atoms with van der Waals surface area (Å²) in [5.41, 5.74) is 2.45. The predicted molar refractivity (Wildman–Crippen MR) is 129 cm³/mol. The van der Waals surface area contributed by atoms with Crippen LogP contribution in [0.5, 0.6) is 5.75 Å². The fourth-order valence-corrected chi connectivity index (χ4v) is 4.84. The Kier molecular flexibility index (Phi) is 6.89. The van der Waals surface area contributed by atoms with Crippen molar-refractivity contribution in [2.75, 3.05) is 13.7 Å². The molecular formula is C26H26N2O4S. The maximum atomic E-state index is 13.5. The lowest BCUT2D eigenvalue weighted by Crippen LogP contribution is -2.39. The topological polar surface area (TPSA) is 69.9 Å². The largest absolute Gasteiger partial charge is 0.494 e. The van der Waals surface area contributed by atoms with E-state index in [0.29, 0.717) is 27.2 Å². The number of nitrogens with zero attached hydrogens (tertiary/aromatic N) is 2. The van der Waals surface area contributed by atoms with Crippen molar-refractivity contribution in [2.24, 2.45) is 4.99 Å². The third-order valence-electron chi connectivity index (χ3n) is 5.49. The van der Waals surface area contributed by atoms with Crippen LogP contribution in [0.15, 0.2) is 75.7 Å². The number of carbonyl (C=O) groups is 1. The molecular weight excluding hydrogens is 436 g/mol. The number of thiazole rings is 1. The molecule has 0 bridgehead atoms. The minimum atomic E-state index is -0.591. The van der Waals surface area contributed by atoms with Gasteiger partial charge in [-0.2, -0.15) is 0 Å². The number of aromatic nitrogens is 1. The predicted octanol–water partition coefficient (Wildman–Crippen LogP) is 3.59. The summed E-state index contributed by atoms with van der Waals surface area (Å²) in [6, 6.07) is 16.6. The van der Waals surface area contributed by atoms with Crippen molar-refractivity contribution in [2.45, 2.75) is 32.7 Å². The normalized spacial score (nSPS) is 15.7. The zero-order valence-electron chi connectivity index (χ0n) is 18.9. The highest BCUT2D eigenvalue weighted by Gasteiger charge is 2.32. The number of esters is 1. The van der Waals surface area contributed by atoms with E-state index in [0.717, 1.165) is 29.7 Å². The molecule has 1 aromatic heterocycles. The summed E-state index contributed by atoms with van der Waals surface area (Å²) in [6.07, 6.45) is 3.94. The molecule has 2 heterocycles. The Balaban J connectivity index is 1.78. The number of carbonyl (C=O) groups excluding carboxylic acids is 1. The first-order chi connectivity index (χ1) is 16.0. The maximum Gasteiger partial charge on any atom is 0.338 e. The number of unbranched alkanes of at least 4 members (excludes halogenated alkanes) is 1. The molecule has 7 heteroatoms. The molecule has 0 amide bonds. The molecule has 1 unspecified atom stereocenters. The van der Waals surface area contributed by atoms with Crippen LogP contribution in [0, 0.1) is 0 Å². The molecule has 4 rings (SSSR count). The van der Waals surface area contributed by atoms with Gasteiger partial charge in [0, 0.05) is 0 Å². The highest BCUT2D eigenvalue weighted by molar-refractivity contribution is 7.07. The van der Waals surface area contributed by atoms with E-state index < -0.39 is 12.0 Å². The molecule has 0 N–H and O–H groups in total. The first-order valence-corrected chi connectivity index (χ1v) is 11.7. The van der Waals surface area contributed by atoms with Crippen LogP contribution in [0.25, 0.3) is 6.08 Å². The highest BCUT2D eigenvalue weighted by Crippen LogP contribution is 2.30. The van der Waals surface area contributed by atoms with Crippen molar-refractivity contribution in [1.29, 1.82) is 0 Å². The maximum absolute atomic E-state index is 13.5. The lowest BCUT2D eigenvalue weighted by molar-refractivity contribution is -0.136. The summed E-state index contributed by atoms with van der Waals surface area (Å²) in [7, 11) is 1.34. The van der Waals surface area contributed by atoms with Crippen LogP contribution in [0.3, 0.4) is 0 Å². The molecule has 0 spiro atoms. The van der Waals surface area contributed by atoms with E-state index in [9.17, 15) is 9.59 Å². The van der Waals surface area contributed by atoms with E-state index in [1.807, 2.05) is 60.7 Å². The Morgan fingerprint density at radius 2 is 1.88 bits per heavy atom. The number of allylic oxidation sites excluding steroid dienone is 1. The van der Waals surface area contributed by atoms with E-state index in [1.165, 1.54) is 18.4 Å². The van der Waals surface area contributed by atoms with Gasteiger partial charge in [-0.1, -0.05) is 67.1 Å². The third kappa shape index (κ3) is 4.68. The van der Waals surface area contributed by atoms with Gasteiger partial charge in [0.2, 0.25) is 0 Å². The molecule has 3 aromatic rings. The summed E-state index contributed by atoms with van der Waals surface area (Å²) < 4.78 is 12.9. The molecule has 1 aliphatic heterocycles. The number of fused-ring (bicyclic) bond motifs is 1. The van der Waals surface area contributed by atoms with Crippen molar-refractivity contribution in [1.82, 2.24) is 4.57 Å². The second-order valence-electron chi connectivity index (χ2n) is 7.76. The van der Waals surface area contributed by atoms with Gasteiger partial charge in [-0.15, -0.1) is 0 Å². The molecule has 1 aliphatic rings. The average Bonchev–Trinajstić information content (AvgIpc) is 3.14. The molecule has 33 heavy (non-hydrogen) atoms. The van der Waals surface area contributed by atoms with Crippen LogP contribution in [-0.2, 0) is 9.53 Å². The van der Waals surface area contributed by atoms with E-state index in [-0.39, 0.29) is 5.56 Å². The van der Waals surface area contributed by atoms with Gasteiger partial charge >= 0.3 is 5.97 Å². The first kappa shape index (κ1) is 22.7. The SMILES string of the molecule is CCCCOc1ccc(/C=c2\sc3n(c2=O)C(c2ccccc2)C(C(=O)OC)=C(C)N=3)cc1. The zero-order valence-corrected chi connectivity index (χ0v) is 19.7. The molecule has 1 atom stereocenters. The highest BCUT2D eigenvalue weighted by atomic mass is 32.1. The Morgan fingerprint density at radius 3 is 2.55 bits per heavy atom. The van der Waals surface area contributed by atoms with E-state index in [1.54, 1.807) is 11.5 Å². The van der Waals surface area contributed by atoms with Crippen LogP contribution in [0.2, 0.25) is 0 Å². The molecule has 170 valence electrons. The van der Waals surface area contributed by atoms with E-state index >= 15 is 0 Å². The molecule has 6 nitrogen and oxygen atoms in total. The number of ether oxygens (including phenoxy) is 2. The van der Waals surface area contributed by atoms with Gasteiger partial charge < -0.3 is 9.47 Å². The van der Waals surface area contributed by atoms with E-state index in [2.05, 4.69) is 11.9 Å². The Morgan fingerprint density at radius 1 is 1.15 bits per heavy atom. The molecule has 0 saturated carbocycles. The number of hydrogen-bond acceptors (Lipinski definition) is 6. The average molecular weight is 463 g/mol. The molecule has 2 aromatic carbocycles. The van der Waals surface area contributed by atoms with Crippen molar-refractivity contribution >= 4 is 23.4 Å². The summed E-state index contributed by atoms with van der Waals surface area (Å²) in [4.78, 5) is 31.3. The number of hydrogen-bond donors (Lipinski definition) is 0. The Labute approximate surface area is 196 Å². The van der Waals surface area contributed by atoms with Gasteiger partial charge in [-0.3, -0.25) is 9.36 Å². The first-order valence-electron chi connectivity index (χ1n) is 10.9. The third-order valence-corrected chi connectivity index (χ3v) is 6.47. The zero-order chi connectivity index (χ0) is 23.4. The summed E-state index contributed by atoms with van der Waals surface area (Å²) in [5.74, 6) is 0.322. The van der Waals surface area contributed by atoms with E-state index in [4.69, 9.17) is 9.47 Å². The van der Waals surface area contributed by atoms with Crippen molar-refractivity contribution < 1.29 is 14.3 Å². The standard InChI is InChI=1S/C26H26N2O4S/c1-4-5-15-32-20-13-11-18(12-14-20)16-21-24(29)28-23(19-9-7-6-8-10-19)22(25(30)31-3)17(2)27-26(28)33-21/h6-14,16,23H,4-5,15H2,1-3H3/b21-16-. The van der Waals surface area contributed by atoms with Crippen LogP contribution in [0.4, 0.5) is 0 Å². The fraction of sp³-hybridized carbons (Fsp3) is 0.269. The van der Waals surface area contributed by atoms with Crippen LogP contribution in [0.1, 0.15) is 43.9 Å². The minimum Gasteiger partial charge on any atom is -0.494 e. The minimum absolute atomic E-state index is 0.190. The van der Waals surface area contributed by atoms with Crippen LogP contribution < -0.4 is 19.6 Å². The summed E-state index contributed by atoms with van der Waals surface area (Å²) in [6.45, 7) is 4.59. The summed E-state index contributed by atoms with van der Waals surface area (Å²) in [5, 5.41) is 0. The molecule has 0 aliphatic carbocycles. The van der Waals surface area contributed by atoms with Gasteiger partial charge in [0.25, 0.3) is 5.56 Å². The summed E-state index contributed by atoms with van der Waals surface area (Å²) >= 11 is 1.31. The Hall–Kier alpha value is -3.45. The van der Waals surface area contributed by atoms with Crippen LogP contribution in [-0.4, -0.2) is 24.3 Å². The Bertz CT molecular complexity index is 1350. The van der Waals surface area contributed by atoms with Gasteiger partial charge in [-0.25, -0.2) is 9.79 Å². The monoisotopic (exact) mass is 462 g/mol. The molecule has 0 saturated heterocycles. The molecule has 0 radical (unpaired) electrons. The van der Waals surface area contributed by atoms with Crippen molar-refractivity contribution in [3.63, 3.8) is 0 Å². The van der Waals surface area contributed by atoms with Gasteiger partial charge in [0.05, 0.1) is 35.6 Å². The van der Waals surface area contributed by atoms with Crippen molar-refractivity contribution in [3.05, 3.63) is 96.7 Å². The second-order valence-corrected chi connectivity index (χ2v) is 8.76. The number of rotatable bonds is 7.